The number of sulfonamides is 1. The number of hydrazone groups is 1. The number of likely N-dealkylation sites (N-methyl/N-ethyl adjacent to an activating group) is 1. The molecule has 1 saturated carbocycles. The van der Waals surface area contributed by atoms with Crippen LogP contribution in [0.4, 0.5) is 0 Å². The third-order valence-electron chi connectivity index (χ3n) is 3.66. The monoisotopic (exact) mass is 357 g/mol. The van der Waals surface area contributed by atoms with Crippen molar-refractivity contribution in [3.8, 4) is 0 Å². The van der Waals surface area contributed by atoms with E-state index < -0.39 is 15.9 Å². The van der Waals surface area contributed by atoms with E-state index in [-0.39, 0.29) is 11.4 Å². The van der Waals surface area contributed by atoms with Gasteiger partial charge in [0.05, 0.1) is 11.4 Å². The predicted molar refractivity (Wildman–Crippen MR) is 89.9 cm³/mol. The smallest absolute Gasteiger partial charge is 0.255 e. The second kappa shape index (κ2) is 7.90. The fourth-order valence-corrected chi connectivity index (χ4v) is 3.58. The lowest BCUT2D eigenvalue weighted by Gasteiger charge is -2.17. The maximum absolute atomic E-state index is 12.4. The molecule has 0 spiro atoms. The highest BCUT2D eigenvalue weighted by atomic mass is 35.5. The Bertz CT molecular complexity index is 678. The van der Waals surface area contributed by atoms with Crippen molar-refractivity contribution >= 4 is 33.2 Å². The van der Waals surface area contributed by atoms with Crippen molar-refractivity contribution in [1.82, 2.24) is 9.73 Å². The van der Waals surface area contributed by atoms with Gasteiger partial charge in [0, 0.05) is 17.8 Å². The topological polar surface area (TPSA) is 78.8 Å². The van der Waals surface area contributed by atoms with Crippen LogP contribution >= 0.6 is 11.6 Å². The summed E-state index contributed by atoms with van der Waals surface area (Å²) in [7, 11) is -2.37. The van der Waals surface area contributed by atoms with Gasteiger partial charge in [0.25, 0.3) is 5.91 Å². The van der Waals surface area contributed by atoms with Crippen LogP contribution in [0.3, 0.4) is 0 Å². The number of rotatable bonds is 5. The first kappa shape index (κ1) is 17.9. The normalized spacial score (nSPS) is 15.5. The first-order valence-electron chi connectivity index (χ1n) is 7.46. The molecule has 1 aliphatic rings. The number of carbonyl (C=O) groups excluding carboxylic acids is 1. The maximum Gasteiger partial charge on any atom is 0.255 e. The number of halogens is 1. The van der Waals surface area contributed by atoms with E-state index >= 15 is 0 Å². The number of nitrogens with one attached hydrogen (secondary N) is 1. The second-order valence-electron chi connectivity index (χ2n) is 5.49. The average molecular weight is 358 g/mol. The van der Waals surface area contributed by atoms with Crippen molar-refractivity contribution in [2.45, 2.75) is 37.0 Å². The molecule has 6 nitrogen and oxygen atoms in total. The third-order valence-corrected chi connectivity index (χ3v) is 5.73. The van der Waals surface area contributed by atoms with Crippen molar-refractivity contribution in [1.29, 1.82) is 0 Å². The number of carbonyl (C=O) groups is 1. The molecule has 23 heavy (non-hydrogen) atoms. The molecule has 0 unspecified atom stereocenters. The molecule has 8 heteroatoms. The van der Waals surface area contributed by atoms with Gasteiger partial charge in [0.15, 0.2) is 0 Å². The number of benzene rings is 1. The molecule has 1 aliphatic carbocycles. The zero-order chi connectivity index (χ0) is 16.9. The molecule has 0 aromatic heterocycles. The van der Waals surface area contributed by atoms with E-state index in [4.69, 9.17) is 11.6 Å². The first-order valence-corrected chi connectivity index (χ1v) is 9.27. The van der Waals surface area contributed by atoms with Crippen molar-refractivity contribution in [2.24, 2.45) is 5.10 Å². The summed E-state index contributed by atoms with van der Waals surface area (Å²) < 4.78 is 25.7. The minimum Gasteiger partial charge on any atom is -0.272 e. The Kier molecular flexibility index (Phi) is 6.15. The lowest BCUT2D eigenvalue weighted by Crippen LogP contribution is -2.37. The molecule has 126 valence electrons. The molecule has 0 heterocycles. The van der Waals surface area contributed by atoms with Gasteiger partial charge >= 0.3 is 0 Å². The van der Waals surface area contributed by atoms with Crippen molar-refractivity contribution in [3.05, 3.63) is 29.3 Å². The van der Waals surface area contributed by atoms with Crippen molar-refractivity contribution in [3.63, 3.8) is 0 Å². The second-order valence-corrected chi connectivity index (χ2v) is 7.97. The quantitative estimate of drug-likeness (QED) is 0.822. The van der Waals surface area contributed by atoms with E-state index in [1.807, 2.05) is 0 Å². The van der Waals surface area contributed by atoms with Crippen LogP contribution in [0.25, 0.3) is 0 Å². The molecule has 0 radical (unpaired) electrons. The molecule has 0 saturated heterocycles. The first-order chi connectivity index (χ1) is 10.9. The van der Waals surface area contributed by atoms with Gasteiger partial charge in [-0.25, -0.2) is 13.8 Å². The fourth-order valence-electron chi connectivity index (χ4n) is 2.32. The summed E-state index contributed by atoms with van der Waals surface area (Å²) in [4.78, 5) is 12.0. The van der Waals surface area contributed by atoms with E-state index in [9.17, 15) is 13.2 Å². The molecule has 2 rings (SSSR count). The molecule has 1 aromatic carbocycles. The van der Waals surface area contributed by atoms with Crippen LogP contribution in [-0.4, -0.2) is 37.9 Å². The summed E-state index contributed by atoms with van der Waals surface area (Å²) in [6.45, 7) is -0.290. The van der Waals surface area contributed by atoms with Gasteiger partial charge in [-0.1, -0.05) is 18.0 Å². The van der Waals surface area contributed by atoms with Crippen LogP contribution in [0.5, 0.6) is 0 Å². The third kappa shape index (κ3) is 5.02. The Hall–Kier alpha value is -1.44. The van der Waals surface area contributed by atoms with Gasteiger partial charge in [-0.2, -0.15) is 9.41 Å². The van der Waals surface area contributed by atoms with Crippen LogP contribution in [0, 0.1) is 0 Å². The molecule has 1 amide bonds. The molecule has 0 atom stereocenters. The van der Waals surface area contributed by atoms with E-state index in [2.05, 4.69) is 10.5 Å². The van der Waals surface area contributed by atoms with E-state index in [0.717, 1.165) is 35.7 Å². The van der Waals surface area contributed by atoms with E-state index in [1.165, 1.54) is 37.7 Å². The highest BCUT2D eigenvalue weighted by Gasteiger charge is 2.22. The van der Waals surface area contributed by atoms with Gasteiger partial charge in [-0.05, 0) is 49.9 Å². The van der Waals surface area contributed by atoms with Crippen molar-refractivity contribution in [2.75, 3.05) is 13.6 Å². The summed E-state index contributed by atoms with van der Waals surface area (Å²) >= 11 is 5.75. The summed E-state index contributed by atoms with van der Waals surface area (Å²) in [5.41, 5.74) is 3.40. The van der Waals surface area contributed by atoms with Gasteiger partial charge in [-0.3, -0.25) is 4.79 Å². The summed E-state index contributed by atoms with van der Waals surface area (Å²) in [5, 5.41) is 4.53. The SMILES string of the molecule is CN(CC(=O)NN=C1CCCCC1)S(=O)(=O)c1ccc(Cl)cc1. The Morgan fingerprint density at radius 3 is 2.43 bits per heavy atom. The highest BCUT2D eigenvalue weighted by Crippen LogP contribution is 2.17. The highest BCUT2D eigenvalue weighted by molar-refractivity contribution is 7.89. The van der Waals surface area contributed by atoms with Gasteiger partial charge in [-0.15, -0.1) is 0 Å². The minimum absolute atomic E-state index is 0.0933. The number of nitrogens with zero attached hydrogens (tertiary/aromatic N) is 2. The minimum atomic E-state index is -3.73. The van der Waals surface area contributed by atoms with Crippen LogP contribution in [-0.2, 0) is 14.8 Å². The molecule has 1 aromatic rings. The number of hydrogen-bond acceptors (Lipinski definition) is 4. The van der Waals surface area contributed by atoms with E-state index in [1.54, 1.807) is 0 Å². The Morgan fingerprint density at radius 1 is 1.22 bits per heavy atom. The molecule has 1 fully saturated rings. The zero-order valence-corrected chi connectivity index (χ0v) is 14.5. The summed E-state index contributed by atoms with van der Waals surface area (Å²) in [6.07, 6.45) is 5.13. The Balaban J connectivity index is 1.95. The largest absolute Gasteiger partial charge is 0.272 e. The number of hydrogen-bond donors (Lipinski definition) is 1. The Labute approximate surface area is 141 Å². The van der Waals surface area contributed by atoms with E-state index in [0.29, 0.717) is 5.02 Å². The summed E-state index contributed by atoms with van der Waals surface area (Å²) in [5.74, 6) is -0.455. The maximum atomic E-state index is 12.4. The molecular formula is C15H20ClN3O3S. The fraction of sp³-hybridized carbons (Fsp3) is 0.467. The van der Waals surface area contributed by atoms with Crippen molar-refractivity contribution < 1.29 is 13.2 Å². The van der Waals surface area contributed by atoms with Gasteiger partial charge in [0.2, 0.25) is 10.0 Å². The standard InChI is InChI=1S/C15H20ClN3O3S/c1-19(23(21,22)14-9-7-12(16)8-10-14)11-15(20)18-17-13-5-3-2-4-6-13/h7-10H,2-6,11H2,1H3,(H,18,20). The average Bonchev–Trinajstić information content (AvgIpc) is 2.54. The predicted octanol–water partition coefficient (Wildman–Crippen LogP) is 2.40. The lowest BCUT2D eigenvalue weighted by atomic mass is 9.99. The lowest BCUT2D eigenvalue weighted by molar-refractivity contribution is -0.121. The summed E-state index contributed by atoms with van der Waals surface area (Å²) in [6, 6.07) is 5.82. The van der Waals surface area contributed by atoms with Crippen LogP contribution in [0.2, 0.25) is 5.02 Å². The molecule has 0 aliphatic heterocycles. The van der Waals surface area contributed by atoms with Gasteiger partial charge < -0.3 is 0 Å². The zero-order valence-electron chi connectivity index (χ0n) is 13.0. The Morgan fingerprint density at radius 2 is 1.83 bits per heavy atom. The molecule has 0 bridgehead atoms. The van der Waals surface area contributed by atoms with Gasteiger partial charge in [0.1, 0.15) is 0 Å². The van der Waals surface area contributed by atoms with Crippen LogP contribution in [0.15, 0.2) is 34.3 Å². The molecular weight excluding hydrogens is 338 g/mol. The number of amides is 1. The molecule has 1 N–H and O–H groups in total. The van der Waals surface area contributed by atoms with Crippen LogP contribution in [0.1, 0.15) is 32.1 Å². The van der Waals surface area contributed by atoms with Crippen LogP contribution < -0.4 is 5.43 Å².